The summed E-state index contributed by atoms with van der Waals surface area (Å²) >= 11 is 7.55. The Balaban J connectivity index is 1.67. The maximum absolute atomic E-state index is 12.6. The SMILES string of the molecule is O=C1NCC(C(=O)NC(c2ccc(Cl)cc2)c2ccc3ncsc3c2)N1. The van der Waals surface area contributed by atoms with Crippen LogP contribution in [0.2, 0.25) is 5.02 Å². The van der Waals surface area contributed by atoms with Crippen molar-refractivity contribution in [2.45, 2.75) is 12.1 Å². The first-order chi connectivity index (χ1) is 12.6. The number of halogens is 1. The molecule has 1 fully saturated rings. The van der Waals surface area contributed by atoms with Crippen molar-refractivity contribution in [2.75, 3.05) is 6.54 Å². The second-order valence-electron chi connectivity index (χ2n) is 5.98. The van der Waals surface area contributed by atoms with Crippen molar-refractivity contribution in [2.24, 2.45) is 0 Å². The zero-order valence-corrected chi connectivity index (χ0v) is 15.1. The van der Waals surface area contributed by atoms with Crippen LogP contribution in [0.25, 0.3) is 10.2 Å². The molecule has 2 atom stereocenters. The Morgan fingerprint density at radius 1 is 1.23 bits per heavy atom. The molecule has 0 radical (unpaired) electrons. The minimum atomic E-state index is -0.593. The van der Waals surface area contributed by atoms with Crippen molar-refractivity contribution in [3.8, 4) is 0 Å². The lowest BCUT2D eigenvalue weighted by molar-refractivity contribution is -0.122. The van der Waals surface area contributed by atoms with E-state index < -0.39 is 6.04 Å². The summed E-state index contributed by atoms with van der Waals surface area (Å²) in [5.74, 6) is -0.243. The number of carbonyl (C=O) groups is 2. The zero-order valence-electron chi connectivity index (χ0n) is 13.5. The van der Waals surface area contributed by atoms with Gasteiger partial charge in [-0.2, -0.15) is 0 Å². The third-order valence-corrected chi connectivity index (χ3v) is 5.31. The smallest absolute Gasteiger partial charge is 0.315 e. The quantitative estimate of drug-likeness (QED) is 0.644. The van der Waals surface area contributed by atoms with Crippen molar-refractivity contribution in [1.29, 1.82) is 0 Å². The maximum Gasteiger partial charge on any atom is 0.315 e. The van der Waals surface area contributed by atoms with E-state index in [0.29, 0.717) is 5.02 Å². The number of hydrogen-bond acceptors (Lipinski definition) is 4. The molecule has 6 nitrogen and oxygen atoms in total. The highest BCUT2D eigenvalue weighted by Crippen LogP contribution is 2.28. The first-order valence-electron chi connectivity index (χ1n) is 8.03. The van der Waals surface area contributed by atoms with Crippen molar-refractivity contribution in [3.05, 3.63) is 64.1 Å². The summed E-state index contributed by atoms with van der Waals surface area (Å²) in [7, 11) is 0. The highest BCUT2D eigenvalue weighted by Gasteiger charge is 2.29. The molecule has 0 bridgehead atoms. The lowest BCUT2D eigenvalue weighted by atomic mass is 9.98. The van der Waals surface area contributed by atoms with Crippen LogP contribution in [0.5, 0.6) is 0 Å². The van der Waals surface area contributed by atoms with Crippen LogP contribution in [0.4, 0.5) is 4.79 Å². The third kappa shape index (κ3) is 3.36. The van der Waals surface area contributed by atoms with E-state index in [1.54, 1.807) is 29.0 Å². The highest BCUT2D eigenvalue weighted by molar-refractivity contribution is 7.16. The fourth-order valence-corrected chi connectivity index (χ4v) is 3.77. The average molecular weight is 387 g/mol. The van der Waals surface area contributed by atoms with E-state index in [-0.39, 0.29) is 24.5 Å². The summed E-state index contributed by atoms with van der Waals surface area (Å²) in [4.78, 5) is 28.2. The van der Waals surface area contributed by atoms with Crippen LogP contribution in [0.3, 0.4) is 0 Å². The number of aromatic nitrogens is 1. The normalized spacial score (nSPS) is 17.6. The monoisotopic (exact) mass is 386 g/mol. The van der Waals surface area contributed by atoms with E-state index in [1.807, 2.05) is 30.3 Å². The fraction of sp³-hybridized carbons (Fsp3) is 0.167. The molecule has 26 heavy (non-hydrogen) atoms. The molecule has 0 saturated carbocycles. The molecule has 4 rings (SSSR count). The van der Waals surface area contributed by atoms with Crippen molar-refractivity contribution in [1.82, 2.24) is 20.9 Å². The minimum Gasteiger partial charge on any atom is -0.343 e. The van der Waals surface area contributed by atoms with Gasteiger partial charge in [-0.15, -0.1) is 11.3 Å². The number of hydrogen-bond donors (Lipinski definition) is 3. The van der Waals surface area contributed by atoms with E-state index in [4.69, 9.17) is 11.6 Å². The van der Waals surface area contributed by atoms with E-state index in [9.17, 15) is 9.59 Å². The molecule has 2 aromatic carbocycles. The predicted octanol–water partition coefficient (Wildman–Crippen LogP) is 2.84. The lowest BCUT2D eigenvalue weighted by Crippen LogP contribution is -2.44. The summed E-state index contributed by atoms with van der Waals surface area (Å²) < 4.78 is 1.05. The van der Waals surface area contributed by atoms with Crippen LogP contribution in [0.1, 0.15) is 17.2 Å². The van der Waals surface area contributed by atoms with Crippen LogP contribution in [0.15, 0.2) is 48.0 Å². The van der Waals surface area contributed by atoms with Gasteiger partial charge in [-0.3, -0.25) is 4.79 Å². The molecule has 2 heterocycles. The van der Waals surface area contributed by atoms with Gasteiger partial charge in [0.1, 0.15) is 6.04 Å². The number of benzene rings is 2. The molecular weight excluding hydrogens is 372 g/mol. The molecule has 0 spiro atoms. The number of nitrogens with one attached hydrogen (secondary N) is 3. The molecule has 1 aromatic heterocycles. The predicted molar refractivity (Wildman–Crippen MR) is 101 cm³/mol. The second-order valence-corrected chi connectivity index (χ2v) is 7.30. The van der Waals surface area contributed by atoms with Gasteiger partial charge in [-0.05, 0) is 35.4 Å². The molecule has 2 unspecified atom stereocenters. The van der Waals surface area contributed by atoms with Gasteiger partial charge in [0, 0.05) is 11.6 Å². The van der Waals surface area contributed by atoms with Crippen molar-refractivity contribution in [3.63, 3.8) is 0 Å². The van der Waals surface area contributed by atoms with Crippen LogP contribution in [-0.4, -0.2) is 29.5 Å². The highest BCUT2D eigenvalue weighted by atomic mass is 35.5. The molecule has 3 amide bonds. The molecular formula is C18H15ClN4O2S. The second kappa shape index (κ2) is 6.93. The Kier molecular flexibility index (Phi) is 4.48. The Bertz CT molecular complexity index is 973. The zero-order chi connectivity index (χ0) is 18.1. The van der Waals surface area contributed by atoms with E-state index in [1.165, 1.54) is 0 Å². The first-order valence-corrected chi connectivity index (χ1v) is 9.29. The van der Waals surface area contributed by atoms with Gasteiger partial charge in [-0.1, -0.05) is 29.8 Å². The lowest BCUT2D eigenvalue weighted by Gasteiger charge is -2.22. The number of rotatable bonds is 4. The number of nitrogens with zero attached hydrogens (tertiary/aromatic N) is 1. The van der Waals surface area contributed by atoms with Crippen LogP contribution in [0, 0.1) is 0 Å². The minimum absolute atomic E-state index is 0.243. The number of carbonyl (C=O) groups excluding carboxylic acids is 2. The number of amides is 3. The molecule has 1 aliphatic heterocycles. The first kappa shape index (κ1) is 16.8. The third-order valence-electron chi connectivity index (χ3n) is 4.27. The molecule has 0 aliphatic carbocycles. The van der Waals surface area contributed by atoms with Gasteiger partial charge in [0.2, 0.25) is 5.91 Å². The molecule has 8 heteroatoms. The van der Waals surface area contributed by atoms with Gasteiger partial charge < -0.3 is 16.0 Å². The van der Waals surface area contributed by atoms with E-state index in [2.05, 4.69) is 20.9 Å². The Morgan fingerprint density at radius 3 is 2.73 bits per heavy atom. The van der Waals surface area contributed by atoms with Gasteiger partial charge in [-0.25, -0.2) is 9.78 Å². The van der Waals surface area contributed by atoms with Crippen LogP contribution >= 0.6 is 22.9 Å². The molecule has 3 aromatic rings. The number of urea groups is 1. The average Bonchev–Trinajstić information content (AvgIpc) is 3.28. The van der Waals surface area contributed by atoms with Crippen molar-refractivity contribution >= 4 is 45.1 Å². The molecule has 1 saturated heterocycles. The van der Waals surface area contributed by atoms with Crippen LogP contribution in [-0.2, 0) is 4.79 Å². The Labute approximate surface area is 158 Å². The molecule has 132 valence electrons. The molecule has 3 N–H and O–H groups in total. The Hall–Kier alpha value is -2.64. The van der Waals surface area contributed by atoms with Crippen LogP contribution < -0.4 is 16.0 Å². The largest absolute Gasteiger partial charge is 0.343 e. The van der Waals surface area contributed by atoms with E-state index in [0.717, 1.165) is 21.3 Å². The summed E-state index contributed by atoms with van der Waals surface area (Å²) in [5, 5.41) is 8.87. The summed E-state index contributed by atoms with van der Waals surface area (Å²) in [6, 6.07) is 12.0. The van der Waals surface area contributed by atoms with Gasteiger partial charge in [0.25, 0.3) is 0 Å². The maximum atomic E-state index is 12.6. The van der Waals surface area contributed by atoms with Gasteiger partial charge in [0.05, 0.1) is 21.8 Å². The van der Waals surface area contributed by atoms with E-state index >= 15 is 0 Å². The Morgan fingerprint density at radius 2 is 2.00 bits per heavy atom. The topological polar surface area (TPSA) is 83.1 Å². The summed E-state index contributed by atoms with van der Waals surface area (Å²) in [5.41, 5.74) is 4.56. The van der Waals surface area contributed by atoms with Gasteiger partial charge >= 0.3 is 6.03 Å². The van der Waals surface area contributed by atoms with Crippen molar-refractivity contribution < 1.29 is 9.59 Å². The summed E-state index contributed by atoms with van der Waals surface area (Å²) in [6.07, 6.45) is 0. The standard InChI is InChI=1S/C18H15ClN4O2S/c19-12-4-1-10(2-5-12)16(23-17(24)14-8-20-18(25)22-14)11-3-6-13-15(7-11)26-9-21-13/h1-7,9,14,16H,8H2,(H,23,24)(H2,20,22,25). The fourth-order valence-electron chi connectivity index (χ4n) is 2.92. The number of thiazole rings is 1. The molecule has 1 aliphatic rings. The van der Waals surface area contributed by atoms with Gasteiger partial charge in [0.15, 0.2) is 0 Å². The summed E-state index contributed by atoms with van der Waals surface area (Å²) in [6.45, 7) is 0.270. The number of fused-ring (bicyclic) bond motifs is 1.